The Morgan fingerprint density at radius 1 is 1.62 bits per heavy atom. The molecule has 0 aromatic carbocycles. The first kappa shape index (κ1) is 11.1. The van der Waals surface area contributed by atoms with Gasteiger partial charge in [0.2, 0.25) is 5.89 Å². The third-order valence-corrected chi connectivity index (χ3v) is 2.73. The van der Waals surface area contributed by atoms with E-state index >= 15 is 0 Å². The number of hydrogen-bond acceptors (Lipinski definition) is 6. The molecule has 0 spiro atoms. The molecule has 0 radical (unpaired) electrons. The summed E-state index contributed by atoms with van der Waals surface area (Å²) >= 11 is 0. The Morgan fingerprint density at radius 3 is 3.06 bits per heavy atom. The summed E-state index contributed by atoms with van der Waals surface area (Å²) in [7, 11) is 0. The normalized spacial score (nSPS) is 24.6. The van der Waals surface area contributed by atoms with Crippen molar-refractivity contribution in [1.82, 2.24) is 15.5 Å². The molecule has 1 aliphatic rings. The van der Waals surface area contributed by atoms with E-state index in [-0.39, 0.29) is 11.7 Å². The second kappa shape index (κ2) is 4.61. The van der Waals surface area contributed by atoms with Gasteiger partial charge in [0, 0.05) is 6.54 Å². The van der Waals surface area contributed by atoms with Crippen LogP contribution in [0.1, 0.15) is 36.3 Å². The van der Waals surface area contributed by atoms with Gasteiger partial charge in [-0.05, 0) is 24.5 Å². The minimum atomic E-state index is -0.531. The molecule has 6 nitrogen and oxygen atoms in total. The van der Waals surface area contributed by atoms with Crippen molar-refractivity contribution in [1.29, 1.82) is 0 Å². The highest BCUT2D eigenvalue weighted by Crippen LogP contribution is 2.26. The molecule has 1 fully saturated rings. The monoisotopic (exact) mass is 225 g/mol. The lowest BCUT2D eigenvalue weighted by Gasteiger charge is -2.07. The SMILES string of the molecule is CCOC(=O)c1noc(C2CNCC2C)n1. The molecule has 0 amide bonds. The molecule has 6 heteroatoms. The Hall–Kier alpha value is -1.43. The number of nitrogens with zero attached hydrogens (tertiary/aromatic N) is 2. The molecule has 1 aromatic heterocycles. The van der Waals surface area contributed by atoms with Gasteiger partial charge in [-0.1, -0.05) is 6.92 Å². The number of carbonyl (C=O) groups is 1. The van der Waals surface area contributed by atoms with Crippen molar-refractivity contribution in [3.8, 4) is 0 Å². The number of nitrogens with one attached hydrogen (secondary N) is 1. The second-order valence-electron chi connectivity index (χ2n) is 3.92. The molecule has 1 aromatic rings. The van der Waals surface area contributed by atoms with E-state index in [2.05, 4.69) is 22.4 Å². The van der Waals surface area contributed by atoms with Gasteiger partial charge in [0.15, 0.2) is 0 Å². The average Bonchev–Trinajstić information content (AvgIpc) is 2.86. The van der Waals surface area contributed by atoms with Crippen LogP contribution in [0.4, 0.5) is 0 Å². The molecular formula is C10H15N3O3. The topological polar surface area (TPSA) is 77.2 Å². The maximum atomic E-state index is 11.3. The summed E-state index contributed by atoms with van der Waals surface area (Å²) in [5.74, 6) is 0.624. The Labute approximate surface area is 93.4 Å². The van der Waals surface area contributed by atoms with Crippen LogP contribution in [-0.2, 0) is 4.74 Å². The van der Waals surface area contributed by atoms with E-state index in [4.69, 9.17) is 9.26 Å². The first-order valence-electron chi connectivity index (χ1n) is 5.43. The summed E-state index contributed by atoms with van der Waals surface area (Å²) in [6.45, 7) is 5.90. The fourth-order valence-electron chi connectivity index (χ4n) is 1.81. The Kier molecular flexibility index (Phi) is 3.19. The van der Waals surface area contributed by atoms with Gasteiger partial charge in [-0.25, -0.2) is 4.79 Å². The second-order valence-corrected chi connectivity index (χ2v) is 3.92. The molecular weight excluding hydrogens is 210 g/mol. The fourth-order valence-corrected chi connectivity index (χ4v) is 1.81. The molecule has 2 heterocycles. The molecule has 1 N–H and O–H groups in total. The van der Waals surface area contributed by atoms with E-state index < -0.39 is 5.97 Å². The van der Waals surface area contributed by atoms with E-state index in [1.54, 1.807) is 6.92 Å². The molecule has 0 saturated carbocycles. The average molecular weight is 225 g/mol. The summed E-state index contributed by atoms with van der Waals surface area (Å²) in [6.07, 6.45) is 0. The molecule has 0 bridgehead atoms. The van der Waals surface area contributed by atoms with Gasteiger partial charge in [0.25, 0.3) is 5.82 Å². The first-order valence-corrected chi connectivity index (χ1v) is 5.43. The number of hydrogen-bond donors (Lipinski definition) is 1. The molecule has 2 atom stereocenters. The van der Waals surface area contributed by atoms with Crippen LogP contribution in [0.5, 0.6) is 0 Å². The zero-order valence-corrected chi connectivity index (χ0v) is 9.40. The summed E-state index contributed by atoms with van der Waals surface area (Å²) in [5, 5.41) is 6.87. The van der Waals surface area contributed by atoms with Gasteiger partial charge >= 0.3 is 5.97 Å². The molecule has 1 aliphatic heterocycles. The van der Waals surface area contributed by atoms with Crippen LogP contribution in [0.15, 0.2) is 4.52 Å². The maximum Gasteiger partial charge on any atom is 0.379 e. The van der Waals surface area contributed by atoms with E-state index in [0.29, 0.717) is 18.4 Å². The van der Waals surface area contributed by atoms with Crippen molar-refractivity contribution in [2.45, 2.75) is 19.8 Å². The molecule has 1 saturated heterocycles. The largest absolute Gasteiger partial charge is 0.460 e. The van der Waals surface area contributed by atoms with Crippen molar-refractivity contribution >= 4 is 5.97 Å². The first-order chi connectivity index (χ1) is 7.72. The third-order valence-electron chi connectivity index (χ3n) is 2.73. The van der Waals surface area contributed by atoms with Crippen molar-refractivity contribution in [3.05, 3.63) is 11.7 Å². The quantitative estimate of drug-likeness (QED) is 0.758. The highest BCUT2D eigenvalue weighted by molar-refractivity contribution is 5.84. The molecule has 16 heavy (non-hydrogen) atoms. The summed E-state index contributed by atoms with van der Waals surface area (Å²) < 4.78 is 9.88. The lowest BCUT2D eigenvalue weighted by atomic mass is 9.98. The lowest BCUT2D eigenvalue weighted by molar-refractivity contribution is 0.0508. The van der Waals surface area contributed by atoms with E-state index in [0.717, 1.165) is 13.1 Å². The zero-order valence-electron chi connectivity index (χ0n) is 9.40. The zero-order chi connectivity index (χ0) is 11.5. The predicted octanol–water partition coefficient (Wildman–Crippen LogP) is 0.569. The number of ether oxygens (including phenoxy) is 1. The fraction of sp³-hybridized carbons (Fsp3) is 0.700. The van der Waals surface area contributed by atoms with Gasteiger partial charge in [0.05, 0.1) is 12.5 Å². The van der Waals surface area contributed by atoms with Crippen LogP contribution in [0.3, 0.4) is 0 Å². The van der Waals surface area contributed by atoms with Crippen LogP contribution in [0.2, 0.25) is 0 Å². The van der Waals surface area contributed by atoms with Crippen molar-refractivity contribution in [3.63, 3.8) is 0 Å². The molecule has 0 aliphatic carbocycles. The smallest absolute Gasteiger partial charge is 0.379 e. The van der Waals surface area contributed by atoms with Crippen molar-refractivity contribution in [2.24, 2.45) is 5.92 Å². The van der Waals surface area contributed by atoms with Crippen molar-refractivity contribution < 1.29 is 14.1 Å². The van der Waals surface area contributed by atoms with Crippen LogP contribution >= 0.6 is 0 Å². The maximum absolute atomic E-state index is 11.3. The van der Waals surface area contributed by atoms with Gasteiger partial charge < -0.3 is 14.6 Å². The van der Waals surface area contributed by atoms with Crippen LogP contribution in [0.25, 0.3) is 0 Å². The van der Waals surface area contributed by atoms with E-state index in [1.807, 2.05) is 0 Å². The van der Waals surface area contributed by atoms with Crippen molar-refractivity contribution in [2.75, 3.05) is 19.7 Å². The Bertz CT molecular complexity index is 377. The van der Waals surface area contributed by atoms with E-state index in [1.165, 1.54) is 0 Å². The van der Waals surface area contributed by atoms with Gasteiger partial charge in [-0.3, -0.25) is 0 Å². The highest BCUT2D eigenvalue weighted by atomic mass is 16.5. The standard InChI is InChI=1S/C10H15N3O3/c1-3-15-10(14)8-12-9(16-13-8)7-5-11-4-6(7)2/h6-7,11H,3-5H2,1-2H3. The van der Waals surface area contributed by atoms with E-state index in [9.17, 15) is 4.79 Å². The van der Waals surface area contributed by atoms with Crippen LogP contribution in [0, 0.1) is 5.92 Å². The van der Waals surface area contributed by atoms with Crippen LogP contribution in [-0.4, -0.2) is 35.8 Å². The number of esters is 1. The Morgan fingerprint density at radius 2 is 2.44 bits per heavy atom. The lowest BCUT2D eigenvalue weighted by Crippen LogP contribution is -2.10. The predicted molar refractivity (Wildman–Crippen MR) is 55.0 cm³/mol. The minimum Gasteiger partial charge on any atom is -0.460 e. The van der Waals surface area contributed by atoms with Gasteiger partial charge in [0.1, 0.15) is 0 Å². The summed E-state index contributed by atoms with van der Waals surface area (Å²) in [6, 6.07) is 0. The van der Waals surface area contributed by atoms with Crippen LogP contribution < -0.4 is 5.32 Å². The number of aromatic nitrogens is 2. The number of carbonyl (C=O) groups excluding carboxylic acids is 1. The summed E-state index contributed by atoms with van der Waals surface area (Å²) in [5.41, 5.74) is 0. The van der Waals surface area contributed by atoms with Gasteiger partial charge in [-0.2, -0.15) is 4.98 Å². The molecule has 2 unspecified atom stereocenters. The molecule has 88 valence electrons. The Balaban J connectivity index is 2.10. The highest BCUT2D eigenvalue weighted by Gasteiger charge is 2.30. The molecule has 2 rings (SSSR count). The minimum absolute atomic E-state index is 0.0101. The third kappa shape index (κ3) is 2.06. The van der Waals surface area contributed by atoms with Gasteiger partial charge in [-0.15, -0.1) is 0 Å². The number of rotatable bonds is 3. The summed E-state index contributed by atoms with van der Waals surface area (Å²) in [4.78, 5) is 15.4.